The molecular formula is C16H14O9S. The van der Waals surface area contributed by atoms with Gasteiger partial charge in [0, 0.05) is 12.1 Å². The van der Waals surface area contributed by atoms with E-state index in [1.54, 1.807) is 6.07 Å². The van der Waals surface area contributed by atoms with Gasteiger partial charge in [0.15, 0.2) is 23.0 Å². The Bertz CT molecular complexity index is 981. The number of Topliss-reactive ketones (excluding diaryl/α,β-unsaturated/α-hetero) is 1. The summed E-state index contributed by atoms with van der Waals surface area (Å²) in [6.07, 6.45) is -0.891. The lowest BCUT2D eigenvalue weighted by Crippen LogP contribution is -2.20. The molecule has 1 aliphatic rings. The van der Waals surface area contributed by atoms with Crippen LogP contribution in [-0.2, 0) is 10.4 Å². The predicted molar refractivity (Wildman–Crippen MR) is 87.3 cm³/mol. The summed E-state index contributed by atoms with van der Waals surface area (Å²) in [5.41, 5.74) is 0.351. The molecular weight excluding hydrogens is 368 g/mol. The number of hydrogen-bond donors (Lipinski definition) is 3. The van der Waals surface area contributed by atoms with Crippen molar-refractivity contribution in [3.63, 3.8) is 0 Å². The highest BCUT2D eigenvalue weighted by Crippen LogP contribution is 2.43. The Balaban J connectivity index is 1.98. The van der Waals surface area contributed by atoms with Gasteiger partial charge in [-0.05, 0) is 17.7 Å². The number of aromatic hydroxyl groups is 2. The summed E-state index contributed by atoms with van der Waals surface area (Å²) in [6, 6.07) is 6.42. The van der Waals surface area contributed by atoms with Crippen LogP contribution in [0.25, 0.3) is 0 Å². The van der Waals surface area contributed by atoms with Gasteiger partial charge in [0.2, 0.25) is 0 Å². The van der Waals surface area contributed by atoms with Crippen molar-refractivity contribution in [1.82, 2.24) is 0 Å². The van der Waals surface area contributed by atoms with Gasteiger partial charge in [-0.25, -0.2) is 0 Å². The van der Waals surface area contributed by atoms with Gasteiger partial charge < -0.3 is 23.9 Å². The maximum Gasteiger partial charge on any atom is 0.446 e. The quantitative estimate of drug-likeness (QED) is 0.677. The molecule has 1 unspecified atom stereocenters. The average Bonchev–Trinajstić information content (AvgIpc) is 2.52. The Morgan fingerprint density at radius 1 is 1.15 bits per heavy atom. The minimum absolute atomic E-state index is 0.106. The van der Waals surface area contributed by atoms with Crippen LogP contribution in [0.1, 0.15) is 28.4 Å². The molecule has 1 aliphatic heterocycles. The molecule has 3 N–H and O–H groups in total. The van der Waals surface area contributed by atoms with E-state index < -0.39 is 33.8 Å². The Labute approximate surface area is 148 Å². The smallest absolute Gasteiger partial charge is 0.446 e. The van der Waals surface area contributed by atoms with Gasteiger partial charge >= 0.3 is 10.4 Å². The minimum Gasteiger partial charge on any atom is -0.507 e. The summed E-state index contributed by atoms with van der Waals surface area (Å²) in [4.78, 5) is 12.4. The van der Waals surface area contributed by atoms with E-state index in [-0.39, 0.29) is 29.2 Å². The number of hydrogen-bond acceptors (Lipinski definition) is 8. The van der Waals surface area contributed by atoms with Gasteiger partial charge in [-0.1, -0.05) is 6.07 Å². The number of methoxy groups -OCH3 is 1. The molecule has 0 spiro atoms. The van der Waals surface area contributed by atoms with Crippen molar-refractivity contribution >= 4 is 16.2 Å². The van der Waals surface area contributed by atoms with Crippen molar-refractivity contribution in [3.8, 4) is 28.7 Å². The average molecular weight is 382 g/mol. The van der Waals surface area contributed by atoms with E-state index in [1.165, 1.54) is 19.2 Å². The summed E-state index contributed by atoms with van der Waals surface area (Å²) >= 11 is 0. The third-order valence-corrected chi connectivity index (χ3v) is 4.15. The zero-order valence-corrected chi connectivity index (χ0v) is 14.2. The maximum atomic E-state index is 12.4. The molecule has 3 rings (SSSR count). The van der Waals surface area contributed by atoms with E-state index in [0.29, 0.717) is 5.56 Å². The van der Waals surface area contributed by atoms with Gasteiger partial charge in [-0.2, -0.15) is 8.42 Å². The third kappa shape index (κ3) is 3.51. The number of carbonyl (C=O) groups excluding carboxylic acids is 1. The van der Waals surface area contributed by atoms with Gasteiger partial charge in [-0.15, -0.1) is 0 Å². The minimum atomic E-state index is -4.81. The lowest BCUT2D eigenvalue weighted by atomic mass is 9.95. The number of phenols is 2. The largest absolute Gasteiger partial charge is 0.507 e. The molecule has 2 aromatic carbocycles. The molecule has 2 aromatic rings. The van der Waals surface area contributed by atoms with Crippen LogP contribution in [0.3, 0.4) is 0 Å². The van der Waals surface area contributed by atoms with Crippen LogP contribution in [0, 0.1) is 0 Å². The zero-order chi connectivity index (χ0) is 19.1. The Morgan fingerprint density at radius 2 is 1.88 bits per heavy atom. The van der Waals surface area contributed by atoms with Gasteiger partial charge in [0.25, 0.3) is 0 Å². The van der Waals surface area contributed by atoms with Crippen LogP contribution in [0.4, 0.5) is 0 Å². The summed E-state index contributed by atoms with van der Waals surface area (Å²) < 4.78 is 45.3. The molecule has 0 fully saturated rings. The first kappa shape index (κ1) is 17.8. The first-order valence-electron chi connectivity index (χ1n) is 7.28. The maximum absolute atomic E-state index is 12.4. The van der Waals surface area contributed by atoms with Gasteiger partial charge in [0.05, 0.1) is 13.5 Å². The number of benzene rings is 2. The van der Waals surface area contributed by atoms with Crippen LogP contribution in [0.2, 0.25) is 0 Å². The molecule has 0 saturated heterocycles. The van der Waals surface area contributed by atoms with Crippen molar-refractivity contribution in [2.45, 2.75) is 12.5 Å². The first-order chi connectivity index (χ1) is 12.2. The van der Waals surface area contributed by atoms with Crippen molar-refractivity contribution in [3.05, 3.63) is 41.5 Å². The fraction of sp³-hybridized carbons (Fsp3) is 0.188. The van der Waals surface area contributed by atoms with Crippen LogP contribution in [-0.4, -0.2) is 36.1 Å². The van der Waals surface area contributed by atoms with Crippen molar-refractivity contribution < 1.29 is 41.6 Å². The fourth-order valence-electron chi connectivity index (χ4n) is 2.68. The summed E-state index contributed by atoms with van der Waals surface area (Å²) in [5, 5.41) is 19.8. The molecule has 1 atom stereocenters. The highest BCUT2D eigenvalue weighted by molar-refractivity contribution is 7.81. The van der Waals surface area contributed by atoms with Crippen LogP contribution < -0.4 is 13.7 Å². The van der Waals surface area contributed by atoms with Crippen molar-refractivity contribution in [2.75, 3.05) is 7.11 Å². The van der Waals surface area contributed by atoms with Crippen LogP contribution in [0.15, 0.2) is 30.3 Å². The van der Waals surface area contributed by atoms with Crippen LogP contribution >= 0.6 is 0 Å². The molecule has 0 bridgehead atoms. The monoisotopic (exact) mass is 382 g/mol. The molecule has 0 saturated carbocycles. The van der Waals surface area contributed by atoms with E-state index >= 15 is 0 Å². The normalized spacial score (nSPS) is 16.5. The first-order valence-corrected chi connectivity index (χ1v) is 8.65. The highest BCUT2D eigenvalue weighted by Gasteiger charge is 2.31. The number of fused-ring (bicyclic) bond motifs is 1. The number of phenolic OH excluding ortho intramolecular Hbond substituents is 2. The van der Waals surface area contributed by atoms with E-state index in [1.807, 2.05) is 0 Å². The second-order valence-electron chi connectivity index (χ2n) is 5.49. The van der Waals surface area contributed by atoms with E-state index in [4.69, 9.17) is 14.0 Å². The summed E-state index contributed by atoms with van der Waals surface area (Å²) in [5.74, 6) is -1.41. The van der Waals surface area contributed by atoms with Crippen molar-refractivity contribution in [2.24, 2.45) is 0 Å². The molecule has 10 heteroatoms. The van der Waals surface area contributed by atoms with E-state index in [2.05, 4.69) is 4.18 Å². The van der Waals surface area contributed by atoms with Crippen LogP contribution in [0.5, 0.6) is 28.7 Å². The van der Waals surface area contributed by atoms with Gasteiger partial charge in [-0.3, -0.25) is 9.35 Å². The topological polar surface area (TPSA) is 140 Å². The summed E-state index contributed by atoms with van der Waals surface area (Å²) in [6.45, 7) is 0. The molecule has 138 valence electrons. The SMILES string of the molecule is COc1ccc(C2CC(=O)c3c(O)cc(OS(=O)(=O)O)cc3O2)cc1O. The lowest BCUT2D eigenvalue weighted by Gasteiger charge is -2.26. The van der Waals surface area contributed by atoms with E-state index in [0.717, 1.165) is 12.1 Å². The Hall–Kier alpha value is -2.98. The highest BCUT2D eigenvalue weighted by atomic mass is 32.3. The molecule has 0 aromatic heterocycles. The molecule has 0 aliphatic carbocycles. The molecule has 1 heterocycles. The van der Waals surface area contributed by atoms with Gasteiger partial charge in [0.1, 0.15) is 23.2 Å². The molecule has 0 amide bonds. The third-order valence-electron chi connectivity index (χ3n) is 3.75. The molecule has 0 radical (unpaired) electrons. The Kier molecular flexibility index (Phi) is 4.38. The second kappa shape index (κ2) is 6.39. The second-order valence-corrected chi connectivity index (χ2v) is 6.51. The number of ether oxygens (including phenoxy) is 2. The number of rotatable bonds is 4. The lowest BCUT2D eigenvalue weighted by molar-refractivity contribution is 0.0844. The standard InChI is InChI=1S/C16H14O9S/c1-23-13-3-2-8(4-10(13)17)14-7-12(19)16-11(18)5-9(6-15(16)24-14)25-26(20,21)22/h2-6,14,17-18H,7H2,1H3,(H,20,21,22). The summed E-state index contributed by atoms with van der Waals surface area (Å²) in [7, 11) is -3.42. The zero-order valence-electron chi connectivity index (χ0n) is 13.4. The number of ketones is 1. The predicted octanol–water partition coefficient (Wildman–Crippen LogP) is 1.99. The Morgan fingerprint density at radius 3 is 2.50 bits per heavy atom. The number of carbonyl (C=O) groups is 1. The molecule has 26 heavy (non-hydrogen) atoms. The molecule has 9 nitrogen and oxygen atoms in total. The van der Waals surface area contributed by atoms with E-state index in [9.17, 15) is 23.4 Å². The fourth-order valence-corrected chi connectivity index (χ4v) is 3.02. The van der Waals surface area contributed by atoms with Crippen molar-refractivity contribution in [1.29, 1.82) is 0 Å².